The van der Waals surface area contributed by atoms with Gasteiger partial charge in [0.1, 0.15) is 0 Å². The van der Waals surface area contributed by atoms with Crippen molar-refractivity contribution in [3.8, 4) is 0 Å². The number of amides is 2. The summed E-state index contributed by atoms with van der Waals surface area (Å²) >= 11 is 0. The van der Waals surface area contributed by atoms with Crippen molar-refractivity contribution < 1.29 is 14.3 Å². The molecule has 0 radical (unpaired) electrons. The highest BCUT2D eigenvalue weighted by Crippen LogP contribution is 2.20. The summed E-state index contributed by atoms with van der Waals surface area (Å²) in [4.78, 5) is 23.9. The number of rotatable bonds is 3. The maximum Gasteiger partial charge on any atom is 0.411 e. The van der Waals surface area contributed by atoms with Crippen LogP contribution >= 0.6 is 0 Å². The van der Waals surface area contributed by atoms with Gasteiger partial charge in [-0.1, -0.05) is 12.1 Å². The van der Waals surface area contributed by atoms with E-state index in [9.17, 15) is 9.59 Å². The van der Waals surface area contributed by atoms with E-state index >= 15 is 0 Å². The van der Waals surface area contributed by atoms with Crippen LogP contribution in [0, 0.1) is 6.92 Å². The number of hydrogen-bond acceptors (Lipinski definition) is 3. The first-order valence-corrected chi connectivity index (χ1v) is 6.60. The predicted molar refractivity (Wildman–Crippen MR) is 79.0 cm³/mol. The molecule has 5 nitrogen and oxygen atoms in total. The SMILES string of the molecule is CCOC(=O)Nc1cccc(C)c1C(=O)NC(C)(C)C. The minimum atomic E-state index is -0.567. The van der Waals surface area contributed by atoms with E-state index in [4.69, 9.17) is 4.74 Å². The van der Waals surface area contributed by atoms with Crippen molar-refractivity contribution >= 4 is 17.7 Å². The molecule has 110 valence electrons. The molecule has 0 bridgehead atoms. The highest BCUT2D eigenvalue weighted by Gasteiger charge is 2.20. The van der Waals surface area contributed by atoms with Crippen LogP contribution in [-0.4, -0.2) is 24.1 Å². The molecular formula is C15H22N2O3. The average Bonchev–Trinajstić information content (AvgIpc) is 2.26. The summed E-state index contributed by atoms with van der Waals surface area (Å²) in [6.07, 6.45) is -0.567. The Bertz CT molecular complexity index is 504. The summed E-state index contributed by atoms with van der Waals surface area (Å²) in [7, 11) is 0. The van der Waals surface area contributed by atoms with Crippen molar-refractivity contribution in [1.82, 2.24) is 5.32 Å². The molecule has 0 saturated heterocycles. The van der Waals surface area contributed by atoms with Crippen molar-refractivity contribution in [2.24, 2.45) is 0 Å². The molecule has 1 aromatic rings. The van der Waals surface area contributed by atoms with Crippen LogP contribution in [0.1, 0.15) is 43.6 Å². The smallest absolute Gasteiger partial charge is 0.411 e. The summed E-state index contributed by atoms with van der Waals surface area (Å²) in [6, 6.07) is 5.29. The molecule has 0 fully saturated rings. The largest absolute Gasteiger partial charge is 0.450 e. The average molecular weight is 278 g/mol. The van der Waals surface area contributed by atoms with Crippen molar-refractivity contribution in [3.05, 3.63) is 29.3 Å². The lowest BCUT2D eigenvalue weighted by molar-refractivity contribution is 0.0920. The van der Waals surface area contributed by atoms with Gasteiger partial charge in [-0.05, 0) is 46.2 Å². The van der Waals surface area contributed by atoms with E-state index in [0.29, 0.717) is 11.3 Å². The van der Waals surface area contributed by atoms with Crippen LogP contribution in [0.15, 0.2) is 18.2 Å². The maximum atomic E-state index is 12.3. The number of nitrogens with one attached hydrogen (secondary N) is 2. The number of benzene rings is 1. The Morgan fingerprint density at radius 3 is 2.45 bits per heavy atom. The van der Waals surface area contributed by atoms with Crippen LogP contribution in [0.5, 0.6) is 0 Å². The van der Waals surface area contributed by atoms with Gasteiger partial charge >= 0.3 is 6.09 Å². The third kappa shape index (κ3) is 4.57. The minimum absolute atomic E-state index is 0.220. The van der Waals surface area contributed by atoms with Crippen LogP contribution in [0.3, 0.4) is 0 Å². The Morgan fingerprint density at radius 1 is 1.25 bits per heavy atom. The monoisotopic (exact) mass is 278 g/mol. The highest BCUT2D eigenvalue weighted by molar-refractivity contribution is 6.04. The Hall–Kier alpha value is -2.04. The molecule has 0 aliphatic rings. The van der Waals surface area contributed by atoms with Gasteiger partial charge in [-0.3, -0.25) is 10.1 Å². The Balaban J connectivity index is 3.05. The zero-order valence-corrected chi connectivity index (χ0v) is 12.7. The number of aryl methyl sites for hydroxylation is 1. The Morgan fingerprint density at radius 2 is 1.90 bits per heavy atom. The second-order valence-electron chi connectivity index (χ2n) is 5.55. The molecule has 0 atom stereocenters. The molecule has 0 aliphatic heterocycles. The standard InChI is InChI=1S/C15H22N2O3/c1-6-20-14(19)16-11-9-7-8-10(2)12(11)13(18)17-15(3,4)5/h7-9H,6H2,1-5H3,(H,16,19)(H,17,18). The predicted octanol–water partition coefficient (Wildman–Crippen LogP) is 3.09. The van der Waals surface area contributed by atoms with E-state index in [2.05, 4.69) is 10.6 Å². The normalized spacial score (nSPS) is 10.8. The van der Waals surface area contributed by atoms with Gasteiger partial charge in [0.25, 0.3) is 5.91 Å². The first-order chi connectivity index (χ1) is 9.24. The molecule has 1 rings (SSSR count). The van der Waals surface area contributed by atoms with Crippen molar-refractivity contribution in [1.29, 1.82) is 0 Å². The molecular weight excluding hydrogens is 256 g/mol. The number of hydrogen-bond donors (Lipinski definition) is 2. The van der Waals surface area contributed by atoms with Crippen molar-refractivity contribution in [2.75, 3.05) is 11.9 Å². The van der Waals surface area contributed by atoms with E-state index in [1.54, 1.807) is 19.1 Å². The molecule has 0 heterocycles. The van der Waals surface area contributed by atoms with E-state index in [1.807, 2.05) is 33.8 Å². The zero-order valence-electron chi connectivity index (χ0n) is 12.7. The molecule has 5 heteroatoms. The van der Waals surface area contributed by atoms with Gasteiger partial charge in [0.05, 0.1) is 17.9 Å². The van der Waals surface area contributed by atoms with Crippen molar-refractivity contribution in [3.63, 3.8) is 0 Å². The molecule has 2 N–H and O–H groups in total. The molecule has 20 heavy (non-hydrogen) atoms. The third-order valence-electron chi connectivity index (χ3n) is 2.50. The number of carbonyl (C=O) groups is 2. The molecule has 0 unspecified atom stereocenters. The quantitative estimate of drug-likeness (QED) is 0.892. The third-order valence-corrected chi connectivity index (χ3v) is 2.50. The minimum Gasteiger partial charge on any atom is -0.450 e. The topological polar surface area (TPSA) is 67.4 Å². The second kappa shape index (κ2) is 6.41. The summed E-state index contributed by atoms with van der Waals surface area (Å²) in [5, 5.41) is 5.49. The lowest BCUT2D eigenvalue weighted by atomic mass is 10.0. The Labute approximate surface area is 119 Å². The summed E-state index contributed by atoms with van der Waals surface area (Å²) < 4.78 is 4.84. The van der Waals surface area contributed by atoms with E-state index in [0.717, 1.165) is 5.56 Å². The molecule has 2 amide bonds. The molecule has 0 spiro atoms. The van der Waals surface area contributed by atoms with Crippen LogP contribution in [0.2, 0.25) is 0 Å². The van der Waals surface area contributed by atoms with Crippen molar-refractivity contribution in [2.45, 2.75) is 40.2 Å². The zero-order chi connectivity index (χ0) is 15.3. The van der Waals surface area contributed by atoms with E-state index in [-0.39, 0.29) is 18.1 Å². The summed E-state index contributed by atoms with van der Waals surface area (Å²) in [5.74, 6) is -0.220. The number of anilines is 1. The van der Waals surface area contributed by atoms with Gasteiger partial charge in [0.2, 0.25) is 0 Å². The second-order valence-corrected chi connectivity index (χ2v) is 5.55. The summed E-state index contributed by atoms with van der Waals surface area (Å²) in [5.41, 5.74) is 1.35. The molecule has 1 aromatic carbocycles. The number of carbonyl (C=O) groups excluding carboxylic acids is 2. The first kappa shape index (κ1) is 16.0. The Kier molecular flexibility index (Phi) is 5.13. The lowest BCUT2D eigenvalue weighted by Gasteiger charge is -2.22. The molecule has 0 aromatic heterocycles. The highest BCUT2D eigenvalue weighted by atomic mass is 16.5. The van der Waals surface area contributed by atoms with Gasteiger partial charge in [-0.2, -0.15) is 0 Å². The lowest BCUT2D eigenvalue weighted by Crippen LogP contribution is -2.41. The fourth-order valence-corrected chi connectivity index (χ4v) is 1.75. The van der Waals surface area contributed by atoms with Crippen LogP contribution < -0.4 is 10.6 Å². The maximum absolute atomic E-state index is 12.3. The van der Waals surface area contributed by atoms with Gasteiger partial charge in [-0.15, -0.1) is 0 Å². The fraction of sp³-hybridized carbons (Fsp3) is 0.467. The van der Waals surface area contributed by atoms with Gasteiger partial charge in [0, 0.05) is 5.54 Å². The molecule has 0 saturated carbocycles. The van der Waals surface area contributed by atoms with Gasteiger partial charge < -0.3 is 10.1 Å². The van der Waals surface area contributed by atoms with E-state index in [1.165, 1.54) is 0 Å². The van der Waals surface area contributed by atoms with Crippen LogP contribution in [-0.2, 0) is 4.74 Å². The first-order valence-electron chi connectivity index (χ1n) is 6.60. The van der Waals surface area contributed by atoms with E-state index < -0.39 is 6.09 Å². The van der Waals surface area contributed by atoms with Gasteiger partial charge in [0.15, 0.2) is 0 Å². The van der Waals surface area contributed by atoms with Crippen LogP contribution in [0.4, 0.5) is 10.5 Å². The molecule has 0 aliphatic carbocycles. The summed E-state index contributed by atoms with van der Waals surface area (Å²) in [6.45, 7) is 9.54. The van der Waals surface area contributed by atoms with Crippen LogP contribution in [0.25, 0.3) is 0 Å². The number of ether oxygens (including phenoxy) is 1. The van der Waals surface area contributed by atoms with Gasteiger partial charge in [-0.25, -0.2) is 4.79 Å². The fourth-order valence-electron chi connectivity index (χ4n) is 1.75.